The molecule has 2 aromatic heterocycles. The van der Waals surface area contributed by atoms with Gasteiger partial charge in [0.2, 0.25) is 0 Å². The highest BCUT2D eigenvalue weighted by atomic mass is 35.5. The number of hydrogen-bond donors (Lipinski definition) is 1. The normalized spacial score (nSPS) is 17.2. The maximum absolute atomic E-state index is 5.94. The van der Waals surface area contributed by atoms with Gasteiger partial charge in [-0.25, -0.2) is 4.98 Å². The Hall–Kier alpha value is -1.89. The van der Waals surface area contributed by atoms with Crippen molar-refractivity contribution in [2.75, 3.05) is 31.1 Å². The maximum Gasteiger partial charge on any atom is 0.186 e. The predicted octanol–water partition coefficient (Wildman–Crippen LogP) is 3.59. The minimum atomic E-state index is 0. The van der Waals surface area contributed by atoms with Crippen molar-refractivity contribution >= 4 is 39.1 Å². The average Bonchev–Trinajstić information content (AvgIpc) is 3.04. The molecule has 1 aromatic carbocycles. The number of anilines is 1. The van der Waals surface area contributed by atoms with Crippen LogP contribution in [0.5, 0.6) is 5.75 Å². The quantitative estimate of drug-likeness (QED) is 0.737. The van der Waals surface area contributed by atoms with Crippen LogP contribution >= 0.6 is 23.7 Å². The molecule has 0 saturated carbocycles. The zero-order valence-electron chi connectivity index (χ0n) is 14.9. The van der Waals surface area contributed by atoms with Crippen LogP contribution in [0.25, 0.3) is 10.2 Å². The Morgan fingerprint density at radius 1 is 1.31 bits per heavy atom. The average molecular weight is 391 g/mol. The van der Waals surface area contributed by atoms with Crippen molar-refractivity contribution in [2.45, 2.75) is 19.9 Å². The van der Waals surface area contributed by atoms with Gasteiger partial charge in [-0.05, 0) is 49.2 Å². The minimum Gasteiger partial charge on any atom is -0.490 e. The number of nitrogens with one attached hydrogen (secondary N) is 1. The van der Waals surface area contributed by atoms with Gasteiger partial charge in [-0.2, -0.15) is 0 Å². The van der Waals surface area contributed by atoms with E-state index in [9.17, 15) is 0 Å². The van der Waals surface area contributed by atoms with Crippen LogP contribution in [0, 0.1) is 13.8 Å². The number of aryl methyl sites for hydroxylation is 2. The van der Waals surface area contributed by atoms with Gasteiger partial charge >= 0.3 is 0 Å². The summed E-state index contributed by atoms with van der Waals surface area (Å²) in [5, 5.41) is 4.55. The van der Waals surface area contributed by atoms with Gasteiger partial charge in [-0.15, -0.1) is 12.4 Å². The fourth-order valence-electron chi connectivity index (χ4n) is 3.08. The van der Waals surface area contributed by atoms with E-state index in [0.717, 1.165) is 36.0 Å². The van der Waals surface area contributed by atoms with Gasteiger partial charge in [0, 0.05) is 25.8 Å². The van der Waals surface area contributed by atoms with Gasteiger partial charge in [0.1, 0.15) is 12.4 Å². The molecule has 3 aromatic rings. The molecular weight excluding hydrogens is 368 g/mol. The van der Waals surface area contributed by atoms with Crippen molar-refractivity contribution in [3.05, 3.63) is 47.8 Å². The number of fused-ring (bicyclic) bond motifs is 1. The number of ether oxygens (including phenoxy) is 1. The van der Waals surface area contributed by atoms with Crippen LogP contribution in [-0.4, -0.2) is 42.3 Å². The van der Waals surface area contributed by atoms with E-state index in [0.29, 0.717) is 6.61 Å². The molecule has 0 amide bonds. The van der Waals surface area contributed by atoms with Gasteiger partial charge < -0.3 is 15.0 Å². The lowest BCUT2D eigenvalue weighted by molar-refractivity contribution is 0.266. The van der Waals surface area contributed by atoms with Crippen LogP contribution in [0.1, 0.15) is 11.1 Å². The highest BCUT2D eigenvalue weighted by molar-refractivity contribution is 7.22. The van der Waals surface area contributed by atoms with E-state index in [-0.39, 0.29) is 18.4 Å². The molecule has 1 saturated heterocycles. The molecule has 0 aliphatic carbocycles. The zero-order valence-corrected chi connectivity index (χ0v) is 16.6. The molecule has 1 aliphatic heterocycles. The molecule has 5 nitrogen and oxygen atoms in total. The Morgan fingerprint density at radius 3 is 2.96 bits per heavy atom. The molecule has 1 fully saturated rings. The molecule has 1 aliphatic rings. The van der Waals surface area contributed by atoms with E-state index in [1.165, 1.54) is 15.8 Å². The summed E-state index contributed by atoms with van der Waals surface area (Å²) in [6, 6.07) is 8.53. The molecule has 0 bridgehead atoms. The number of aromatic nitrogens is 2. The van der Waals surface area contributed by atoms with E-state index < -0.39 is 0 Å². The van der Waals surface area contributed by atoms with Gasteiger partial charge in [0.25, 0.3) is 0 Å². The van der Waals surface area contributed by atoms with Gasteiger partial charge in [-0.1, -0.05) is 11.3 Å². The third-order valence-electron chi connectivity index (χ3n) is 4.67. The fraction of sp³-hybridized carbons (Fsp3) is 0.368. The monoisotopic (exact) mass is 390 g/mol. The molecule has 138 valence electrons. The van der Waals surface area contributed by atoms with Crippen LogP contribution in [-0.2, 0) is 0 Å². The SMILES string of the molecule is Cc1cc2nc(N3CCNCC3COc3cccnc3)sc2cc1C.Cl. The summed E-state index contributed by atoms with van der Waals surface area (Å²) in [4.78, 5) is 11.4. The molecule has 1 atom stereocenters. The zero-order chi connectivity index (χ0) is 17.2. The Morgan fingerprint density at radius 2 is 2.15 bits per heavy atom. The van der Waals surface area contributed by atoms with Crippen LogP contribution in [0.3, 0.4) is 0 Å². The molecule has 4 rings (SSSR count). The Bertz CT molecular complexity index is 832. The predicted molar refractivity (Wildman–Crippen MR) is 110 cm³/mol. The molecule has 26 heavy (non-hydrogen) atoms. The van der Waals surface area contributed by atoms with E-state index >= 15 is 0 Å². The molecule has 7 heteroatoms. The lowest BCUT2D eigenvalue weighted by Crippen LogP contribution is -2.54. The number of halogens is 1. The first-order chi connectivity index (χ1) is 12.2. The summed E-state index contributed by atoms with van der Waals surface area (Å²) < 4.78 is 7.20. The summed E-state index contributed by atoms with van der Waals surface area (Å²) >= 11 is 1.77. The summed E-state index contributed by atoms with van der Waals surface area (Å²) in [7, 11) is 0. The number of hydrogen-bond acceptors (Lipinski definition) is 6. The van der Waals surface area contributed by atoms with E-state index in [2.05, 4.69) is 41.2 Å². The lowest BCUT2D eigenvalue weighted by Gasteiger charge is -2.35. The minimum absolute atomic E-state index is 0. The summed E-state index contributed by atoms with van der Waals surface area (Å²) in [5.74, 6) is 0.809. The first-order valence-electron chi connectivity index (χ1n) is 8.59. The highest BCUT2D eigenvalue weighted by Crippen LogP contribution is 2.32. The first kappa shape index (κ1) is 18.9. The molecular formula is C19H23ClN4OS. The van der Waals surface area contributed by atoms with Gasteiger partial charge in [-0.3, -0.25) is 4.98 Å². The second-order valence-corrected chi connectivity index (χ2v) is 7.46. The number of nitrogens with zero attached hydrogens (tertiary/aromatic N) is 3. The molecule has 0 spiro atoms. The molecule has 1 N–H and O–H groups in total. The number of rotatable bonds is 4. The van der Waals surface area contributed by atoms with Crippen LogP contribution in [0.15, 0.2) is 36.7 Å². The van der Waals surface area contributed by atoms with Crippen molar-refractivity contribution in [3.8, 4) is 5.75 Å². The van der Waals surface area contributed by atoms with Crippen LogP contribution in [0.2, 0.25) is 0 Å². The van der Waals surface area contributed by atoms with Crippen molar-refractivity contribution in [1.29, 1.82) is 0 Å². The van der Waals surface area contributed by atoms with Gasteiger partial charge in [0.15, 0.2) is 5.13 Å². The number of pyridine rings is 1. The molecule has 1 unspecified atom stereocenters. The van der Waals surface area contributed by atoms with Crippen molar-refractivity contribution in [3.63, 3.8) is 0 Å². The Labute approximate surface area is 163 Å². The van der Waals surface area contributed by atoms with Crippen molar-refractivity contribution < 1.29 is 4.74 Å². The topological polar surface area (TPSA) is 50.3 Å². The van der Waals surface area contributed by atoms with Gasteiger partial charge in [0.05, 0.1) is 22.5 Å². The fourth-order valence-corrected chi connectivity index (χ4v) is 4.22. The summed E-state index contributed by atoms with van der Waals surface area (Å²) in [6.07, 6.45) is 3.51. The molecule has 0 radical (unpaired) electrons. The lowest BCUT2D eigenvalue weighted by atomic mass is 10.1. The van der Waals surface area contributed by atoms with E-state index in [1.807, 2.05) is 12.1 Å². The number of benzene rings is 1. The largest absolute Gasteiger partial charge is 0.490 e. The number of piperazine rings is 1. The Balaban J connectivity index is 0.00000196. The van der Waals surface area contributed by atoms with E-state index in [1.54, 1.807) is 23.7 Å². The summed E-state index contributed by atoms with van der Waals surface area (Å²) in [5.41, 5.74) is 3.70. The maximum atomic E-state index is 5.94. The first-order valence-corrected chi connectivity index (χ1v) is 9.40. The second-order valence-electron chi connectivity index (χ2n) is 6.45. The third kappa shape index (κ3) is 3.92. The molecule has 3 heterocycles. The highest BCUT2D eigenvalue weighted by Gasteiger charge is 2.25. The smallest absolute Gasteiger partial charge is 0.186 e. The van der Waals surface area contributed by atoms with E-state index in [4.69, 9.17) is 9.72 Å². The number of thiazole rings is 1. The summed E-state index contributed by atoms with van der Waals surface area (Å²) in [6.45, 7) is 7.73. The van der Waals surface area contributed by atoms with Crippen LogP contribution in [0.4, 0.5) is 5.13 Å². The van der Waals surface area contributed by atoms with Crippen LogP contribution < -0.4 is 15.0 Å². The second kappa shape index (κ2) is 8.20. The van der Waals surface area contributed by atoms with Crippen molar-refractivity contribution in [1.82, 2.24) is 15.3 Å². The van der Waals surface area contributed by atoms with Crippen molar-refractivity contribution in [2.24, 2.45) is 0 Å². The standard InChI is InChI=1S/C19H22N4OS.ClH/c1-13-8-17-18(9-14(13)2)25-19(22-17)23-7-6-21-10-15(23)12-24-16-4-3-5-20-11-16;/h3-5,8-9,11,15,21H,6-7,10,12H2,1-2H3;1H. The third-order valence-corrected chi connectivity index (χ3v) is 5.72. The Kier molecular flexibility index (Phi) is 5.96.